The lowest BCUT2D eigenvalue weighted by atomic mass is 9.91. The van der Waals surface area contributed by atoms with E-state index in [0.29, 0.717) is 29.6 Å². The summed E-state index contributed by atoms with van der Waals surface area (Å²) in [6, 6.07) is 10.8. The average molecular weight is 458 g/mol. The van der Waals surface area contributed by atoms with Gasteiger partial charge in [-0.15, -0.1) is 0 Å². The molecule has 0 saturated carbocycles. The first-order valence-corrected chi connectivity index (χ1v) is 11.8. The minimum Gasteiger partial charge on any atom is -0.324 e. The van der Waals surface area contributed by atoms with E-state index in [1.54, 1.807) is 17.1 Å². The number of hydrogen-bond donors (Lipinski definition) is 2. The topological polar surface area (TPSA) is 89.7 Å². The number of nitrogens with zero attached hydrogens (tertiary/aromatic N) is 5. The molecule has 5 rings (SSSR count). The van der Waals surface area contributed by atoms with Gasteiger partial charge in [-0.1, -0.05) is 26.8 Å². The van der Waals surface area contributed by atoms with Crippen molar-refractivity contribution in [2.75, 3.05) is 5.32 Å². The number of pyridine rings is 1. The van der Waals surface area contributed by atoms with E-state index < -0.39 is 0 Å². The van der Waals surface area contributed by atoms with Gasteiger partial charge in [0.05, 0.1) is 5.69 Å². The average Bonchev–Trinajstić information content (AvgIpc) is 3.09. The largest absolute Gasteiger partial charge is 0.324 e. The molecule has 1 aliphatic rings. The molecule has 0 amide bonds. The molecule has 34 heavy (non-hydrogen) atoms. The van der Waals surface area contributed by atoms with Crippen molar-refractivity contribution in [2.24, 2.45) is 0 Å². The van der Waals surface area contributed by atoms with Gasteiger partial charge in [0.1, 0.15) is 5.39 Å². The van der Waals surface area contributed by atoms with Gasteiger partial charge in [-0.2, -0.15) is 4.98 Å². The summed E-state index contributed by atoms with van der Waals surface area (Å²) in [5, 5.41) is 7.33. The summed E-state index contributed by atoms with van der Waals surface area (Å²) in [6.07, 6.45) is 4.43. The predicted octanol–water partition coefficient (Wildman–Crippen LogP) is 4.07. The van der Waals surface area contributed by atoms with Crippen molar-refractivity contribution in [2.45, 2.75) is 65.6 Å². The molecule has 1 aromatic carbocycles. The fourth-order valence-electron chi connectivity index (χ4n) is 4.48. The molecule has 0 fully saturated rings. The van der Waals surface area contributed by atoms with E-state index in [4.69, 9.17) is 4.98 Å². The van der Waals surface area contributed by atoms with Gasteiger partial charge in [-0.3, -0.25) is 9.78 Å². The molecule has 0 saturated heterocycles. The second-order valence-corrected chi connectivity index (χ2v) is 10.0. The van der Waals surface area contributed by atoms with E-state index >= 15 is 0 Å². The first-order valence-electron chi connectivity index (χ1n) is 11.8. The molecule has 1 unspecified atom stereocenters. The van der Waals surface area contributed by atoms with Crippen molar-refractivity contribution in [1.82, 2.24) is 29.6 Å². The van der Waals surface area contributed by atoms with Crippen LogP contribution >= 0.6 is 0 Å². The first-order chi connectivity index (χ1) is 16.2. The zero-order valence-electron chi connectivity index (χ0n) is 20.4. The monoisotopic (exact) mass is 457 g/mol. The van der Waals surface area contributed by atoms with Crippen molar-refractivity contribution in [3.63, 3.8) is 0 Å². The van der Waals surface area contributed by atoms with Gasteiger partial charge in [0.15, 0.2) is 5.65 Å². The van der Waals surface area contributed by atoms with E-state index in [0.717, 1.165) is 30.0 Å². The second-order valence-electron chi connectivity index (χ2n) is 10.0. The van der Waals surface area contributed by atoms with Crippen LogP contribution in [-0.4, -0.2) is 30.4 Å². The van der Waals surface area contributed by atoms with Crippen LogP contribution in [0, 0.1) is 0 Å². The van der Waals surface area contributed by atoms with Crippen LogP contribution in [0.15, 0.2) is 47.5 Å². The summed E-state index contributed by atoms with van der Waals surface area (Å²) in [5.74, 6) is 0.455. The maximum Gasteiger partial charge on any atom is 0.278 e. The molecule has 3 aromatic heterocycles. The third kappa shape index (κ3) is 3.98. The van der Waals surface area contributed by atoms with Crippen LogP contribution in [0.3, 0.4) is 0 Å². The highest BCUT2D eigenvalue weighted by Crippen LogP contribution is 2.25. The van der Waals surface area contributed by atoms with Gasteiger partial charge < -0.3 is 10.6 Å². The van der Waals surface area contributed by atoms with Crippen LogP contribution in [0.4, 0.5) is 11.6 Å². The Kier molecular flexibility index (Phi) is 5.48. The highest BCUT2D eigenvalue weighted by molar-refractivity contribution is 5.77. The highest BCUT2D eigenvalue weighted by atomic mass is 16.1. The number of rotatable bonds is 4. The lowest BCUT2D eigenvalue weighted by Gasteiger charge is -2.23. The van der Waals surface area contributed by atoms with Crippen molar-refractivity contribution in [3.05, 3.63) is 69.9 Å². The van der Waals surface area contributed by atoms with Crippen LogP contribution in [0.1, 0.15) is 51.4 Å². The van der Waals surface area contributed by atoms with Crippen molar-refractivity contribution in [1.29, 1.82) is 0 Å². The second kappa shape index (κ2) is 8.36. The van der Waals surface area contributed by atoms with Crippen molar-refractivity contribution >= 4 is 22.7 Å². The minimum absolute atomic E-state index is 0.104. The molecule has 8 heteroatoms. The van der Waals surface area contributed by atoms with Gasteiger partial charge in [0, 0.05) is 48.3 Å². The molecule has 0 radical (unpaired) electrons. The number of hydrogen-bond acceptors (Lipinski definition) is 6. The number of nitrogens with one attached hydrogen (secondary N) is 2. The minimum atomic E-state index is -0.114. The molecule has 4 aromatic rings. The van der Waals surface area contributed by atoms with Crippen LogP contribution in [-0.2, 0) is 24.9 Å². The van der Waals surface area contributed by atoms with E-state index in [-0.39, 0.29) is 11.0 Å². The fraction of sp³-hybridized carbons (Fsp3) is 0.385. The van der Waals surface area contributed by atoms with Gasteiger partial charge in [-0.25, -0.2) is 14.3 Å². The lowest BCUT2D eigenvalue weighted by molar-refractivity contribution is 0.514. The van der Waals surface area contributed by atoms with Crippen LogP contribution in [0.25, 0.3) is 16.7 Å². The molecule has 0 spiro atoms. The molecular weight excluding hydrogens is 426 g/mol. The van der Waals surface area contributed by atoms with E-state index in [1.165, 1.54) is 11.1 Å². The molecule has 8 nitrogen and oxygen atoms in total. The van der Waals surface area contributed by atoms with Gasteiger partial charge in [0.2, 0.25) is 5.95 Å². The van der Waals surface area contributed by atoms with Crippen LogP contribution in [0.5, 0.6) is 0 Å². The summed E-state index contributed by atoms with van der Waals surface area (Å²) in [4.78, 5) is 26.9. The zero-order valence-corrected chi connectivity index (χ0v) is 20.4. The number of benzene rings is 1. The van der Waals surface area contributed by atoms with Gasteiger partial charge >= 0.3 is 0 Å². The highest BCUT2D eigenvalue weighted by Gasteiger charge is 2.20. The Labute approximate surface area is 199 Å². The Balaban J connectivity index is 1.58. The molecule has 2 N–H and O–H groups in total. The molecule has 1 aliphatic heterocycles. The molecular formula is C26H31N7O. The maximum atomic E-state index is 13.1. The van der Waals surface area contributed by atoms with E-state index in [9.17, 15) is 4.79 Å². The molecule has 176 valence electrons. The summed E-state index contributed by atoms with van der Waals surface area (Å²) >= 11 is 0. The predicted molar refractivity (Wildman–Crippen MR) is 135 cm³/mol. The Morgan fingerprint density at radius 1 is 1.15 bits per heavy atom. The SMILES string of the molecule is CCn1c(=O)c2cnc(Nc3ccc4c(c3)CNC(C)C4)nc2n1-c1ccnc(C(C)(C)C)c1. The maximum absolute atomic E-state index is 13.1. The van der Waals surface area contributed by atoms with E-state index in [1.807, 2.05) is 23.7 Å². The zero-order chi connectivity index (χ0) is 24.0. The lowest BCUT2D eigenvalue weighted by Crippen LogP contribution is -2.32. The smallest absolute Gasteiger partial charge is 0.278 e. The molecule has 4 heterocycles. The van der Waals surface area contributed by atoms with Crippen molar-refractivity contribution in [3.8, 4) is 5.69 Å². The van der Waals surface area contributed by atoms with Crippen LogP contribution < -0.4 is 16.2 Å². The third-order valence-electron chi connectivity index (χ3n) is 6.36. The summed E-state index contributed by atoms with van der Waals surface area (Å²) in [7, 11) is 0. The standard InChI is InChI=1S/C26H31N7O/c1-6-32-24(34)21-15-29-25(30-19-8-7-17-11-16(2)28-14-18(17)12-19)31-23(21)33(32)20-9-10-27-22(13-20)26(3,4)5/h7-10,12-13,15-16,28H,6,11,14H2,1-5H3,(H,29,30,31). The Bertz CT molecular complexity index is 1430. The van der Waals surface area contributed by atoms with E-state index in [2.05, 4.69) is 66.5 Å². The summed E-state index contributed by atoms with van der Waals surface area (Å²) in [6.45, 7) is 11.9. The Morgan fingerprint density at radius 3 is 2.74 bits per heavy atom. The number of fused-ring (bicyclic) bond motifs is 2. The molecule has 0 bridgehead atoms. The quantitative estimate of drug-likeness (QED) is 0.480. The fourth-order valence-corrected chi connectivity index (χ4v) is 4.48. The normalized spacial score (nSPS) is 16.0. The van der Waals surface area contributed by atoms with Crippen LogP contribution in [0.2, 0.25) is 0 Å². The van der Waals surface area contributed by atoms with Gasteiger partial charge in [0.25, 0.3) is 5.56 Å². The number of anilines is 2. The first kappa shape index (κ1) is 22.3. The Morgan fingerprint density at radius 2 is 1.97 bits per heavy atom. The molecule has 1 atom stereocenters. The number of aromatic nitrogens is 5. The van der Waals surface area contributed by atoms with Gasteiger partial charge in [-0.05, 0) is 55.7 Å². The summed E-state index contributed by atoms with van der Waals surface area (Å²) < 4.78 is 3.57. The third-order valence-corrected chi connectivity index (χ3v) is 6.36. The van der Waals surface area contributed by atoms with Crippen molar-refractivity contribution < 1.29 is 0 Å². The molecule has 0 aliphatic carbocycles. The Hall–Kier alpha value is -3.52. The summed E-state index contributed by atoms with van der Waals surface area (Å²) in [5.41, 5.74) is 5.74.